The van der Waals surface area contributed by atoms with Gasteiger partial charge in [-0.05, 0) is 48.4 Å². The predicted molar refractivity (Wildman–Crippen MR) is 68.5 cm³/mol. The summed E-state index contributed by atoms with van der Waals surface area (Å²) in [6.07, 6.45) is 2.19. The number of thiol groups is 1. The van der Waals surface area contributed by atoms with Gasteiger partial charge in [0.05, 0.1) is 18.4 Å². The van der Waals surface area contributed by atoms with E-state index in [2.05, 4.69) is 0 Å². The Bertz CT molecular complexity index is 548. The molecule has 4 nitrogen and oxygen atoms in total. The van der Waals surface area contributed by atoms with Crippen molar-refractivity contribution in [3.63, 3.8) is 0 Å². The summed E-state index contributed by atoms with van der Waals surface area (Å²) in [7, 11) is -1.16. The number of methoxy groups -OCH3 is 1. The Balaban J connectivity index is 2.48. The molecule has 1 aromatic rings. The molecule has 1 aromatic carbocycles. The molecule has 1 aliphatic rings. The number of aryl methyl sites for hydroxylation is 1. The topological polar surface area (TPSA) is 60.4 Å². The average Bonchev–Trinajstić information content (AvgIpc) is 3.13. The zero-order chi connectivity index (χ0) is 13.3. The van der Waals surface area contributed by atoms with Gasteiger partial charge in [-0.15, -0.1) is 0 Å². The Morgan fingerprint density at radius 3 is 2.56 bits per heavy atom. The third-order valence-corrected chi connectivity index (χ3v) is 3.81. The molecule has 98 valence electrons. The molecule has 0 heterocycles. The van der Waals surface area contributed by atoms with Gasteiger partial charge in [0.15, 0.2) is 0 Å². The molecule has 18 heavy (non-hydrogen) atoms. The summed E-state index contributed by atoms with van der Waals surface area (Å²) >= 11 is 0. The zero-order valence-corrected chi connectivity index (χ0v) is 11.3. The number of hydrogen-bond acceptors (Lipinski definition) is 4. The fourth-order valence-electron chi connectivity index (χ4n) is 2.16. The van der Waals surface area contributed by atoms with Crippen molar-refractivity contribution in [2.75, 3.05) is 7.11 Å². The van der Waals surface area contributed by atoms with Crippen LogP contribution in [0.25, 0.3) is 0 Å². The van der Waals surface area contributed by atoms with Gasteiger partial charge in [0, 0.05) is 0 Å². The molecule has 0 N–H and O–H groups in total. The molecule has 1 fully saturated rings. The van der Waals surface area contributed by atoms with Crippen LogP contribution in [0, 0.1) is 6.92 Å². The van der Waals surface area contributed by atoms with Crippen LogP contribution in [0.4, 0.5) is 0 Å². The Morgan fingerprint density at radius 1 is 1.39 bits per heavy atom. The lowest BCUT2D eigenvalue weighted by Gasteiger charge is -2.11. The Hall–Kier alpha value is -1.36. The fraction of sp³-hybridized carbons (Fsp3) is 0.462. The highest BCUT2D eigenvalue weighted by molar-refractivity contribution is 7.71. The molecule has 0 unspecified atom stereocenters. The lowest BCUT2D eigenvalue weighted by Crippen LogP contribution is -2.07. The van der Waals surface area contributed by atoms with Gasteiger partial charge >= 0.3 is 5.97 Å². The Labute approximate surface area is 108 Å². The van der Waals surface area contributed by atoms with Crippen molar-refractivity contribution in [2.24, 2.45) is 0 Å². The van der Waals surface area contributed by atoms with Crippen molar-refractivity contribution in [3.8, 4) is 0 Å². The second-order valence-electron chi connectivity index (χ2n) is 4.62. The molecule has 0 amide bonds. The number of rotatable bonds is 4. The van der Waals surface area contributed by atoms with Gasteiger partial charge < -0.3 is 4.74 Å². The van der Waals surface area contributed by atoms with E-state index in [1.165, 1.54) is 7.11 Å². The number of esters is 1. The summed E-state index contributed by atoms with van der Waals surface area (Å²) in [5.74, 6) is 0.0309. The third kappa shape index (κ3) is 2.72. The predicted octanol–water partition coefficient (Wildman–Crippen LogP) is 1.77. The average molecular weight is 268 g/mol. The van der Waals surface area contributed by atoms with Gasteiger partial charge in [-0.2, -0.15) is 0 Å². The minimum absolute atomic E-state index is 0.00849. The minimum atomic E-state index is -2.49. The number of benzene rings is 1. The molecule has 2 rings (SSSR count). The van der Waals surface area contributed by atoms with Gasteiger partial charge in [0.25, 0.3) is 0 Å². The lowest BCUT2D eigenvalue weighted by molar-refractivity contribution is 0.0599. The van der Waals surface area contributed by atoms with Crippen molar-refractivity contribution in [1.29, 1.82) is 0 Å². The summed E-state index contributed by atoms with van der Waals surface area (Å²) in [6, 6.07) is 3.60. The molecule has 0 bridgehead atoms. The van der Waals surface area contributed by atoms with Crippen LogP contribution in [0.1, 0.15) is 45.8 Å². The third-order valence-electron chi connectivity index (χ3n) is 3.21. The van der Waals surface area contributed by atoms with Crippen LogP contribution in [0.15, 0.2) is 12.1 Å². The summed E-state index contributed by atoms with van der Waals surface area (Å²) in [6.45, 7) is 1.85. The first kappa shape index (κ1) is 13.1. The van der Waals surface area contributed by atoms with Crippen molar-refractivity contribution < 1.29 is 17.9 Å². The number of carbonyl (C=O) groups is 1. The molecular weight excluding hydrogens is 252 g/mol. The van der Waals surface area contributed by atoms with Crippen molar-refractivity contribution in [3.05, 3.63) is 34.4 Å². The highest BCUT2D eigenvalue weighted by Gasteiger charge is 2.27. The van der Waals surface area contributed by atoms with Gasteiger partial charge in [-0.1, -0.05) is 6.07 Å². The van der Waals surface area contributed by atoms with Crippen LogP contribution in [-0.4, -0.2) is 21.5 Å². The maximum atomic E-state index is 11.6. The number of ether oxygens (including phenoxy) is 1. The van der Waals surface area contributed by atoms with Crippen molar-refractivity contribution in [1.82, 2.24) is 0 Å². The van der Waals surface area contributed by atoms with E-state index in [-0.39, 0.29) is 5.75 Å². The molecule has 1 saturated carbocycles. The van der Waals surface area contributed by atoms with Crippen molar-refractivity contribution in [2.45, 2.75) is 31.4 Å². The normalized spacial score (nSPS) is 14.8. The minimum Gasteiger partial charge on any atom is -0.465 e. The quantitative estimate of drug-likeness (QED) is 0.668. The molecular formula is C13H16O4S. The number of hydrogen-bond donors (Lipinski definition) is 1. The molecule has 0 aliphatic heterocycles. The first-order valence-electron chi connectivity index (χ1n) is 5.86. The zero-order valence-electron chi connectivity index (χ0n) is 10.4. The van der Waals surface area contributed by atoms with E-state index in [0.717, 1.165) is 29.5 Å². The number of carbonyl (C=O) groups excluding carboxylic acids is 1. The second kappa shape index (κ2) is 5.10. The smallest absolute Gasteiger partial charge is 0.338 e. The molecule has 0 aromatic heterocycles. The molecule has 5 heteroatoms. The first-order chi connectivity index (χ1) is 8.52. The first-order valence-corrected chi connectivity index (χ1v) is 7.22. The van der Waals surface area contributed by atoms with E-state index in [4.69, 9.17) is 4.74 Å². The molecule has 0 radical (unpaired) electrons. The van der Waals surface area contributed by atoms with E-state index >= 15 is 0 Å². The monoisotopic (exact) mass is 268 g/mol. The van der Waals surface area contributed by atoms with Crippen LogP contribution in [-0.2, 0) is 21.2 Å². The maximum absolute atomic E-state index is 11.6. The van der Waals surface area contributed by atoms with Gasteiger partial charge in [-0.25, -0.2) is 13.2 Å². The van der Waals surface area contributed by atoms with Crippen LogP contribution in [0.5, 0.6) is 0 Å². The Morgan fingerprint density at radius 2 is 2.06 bits per heavy atom. The van der Waals surface area contributed by atoms with Crippen LogP contribution in [0.3, 0.4) is 0 Å². The van der Waals surface area contributed by atoms with Gasteiger partial charge in [0.1, 0.15) is 10.7 Å². The lowest BCUT2D eigenvalue weighted by atomic mass is 9.97. The second-order valence-corrected chi connectivity index (χ2v) is 5.60. The van der Waals surface area contributed by atoms with E-state index in [0.29, 0.717) is 11.5 Å². The van der Waals surface area contributed by atoms with Crippen LogP contribution in [0.2, 0.25) is 0 Å². The molecule has 0 spiro atoms. The van der Waals surface area contributed by atoms with E-state index in [1.807, 2.05) is 13.0 Å². The van der Waals surface area contributed by atoms with Crippen LogP contribution >= 0.6 is 0 Å². The van der Waals surface area contributed by atoms with E-state index in [1.54, 1.807) is 6.07 Å². The summed E-state index contributed by atoms with van der Waals surface area (Å²) in [5.41, 5.74) is 3.10. The highest BCUT2D eigenvalue weighted by Crippen LogP contribution is 2.42. The molecule has 0 atom stereocenters. The van der Waals surface area contributed by atoms with Gasteiger partial charge in [0.2, 0.25) is 0 Å². The maximum Gasteiger partial charge on any atom is 0.338 e. The molecule has 1 aliphatic carbocycles. The molecule has 0 saturated heterocycles. The summed E-state index contributed by atoms with van der Waals surface area (Å²) in [4.78, 5) is 11.6. The highest BCUT2D eigenvalue weighted by atomic mass is 32.2. The largest absolute Gasteiger partial charge is 0.465 e. The fourth-order valence-corrected chi connectivity index (χ4v) is 2.71. The van der Waals surface area contributed by atoms with E-state index in [9.17, 15) is 13.2 Å². The summed E-state index contributed by atoms with van der Waals surface area (Å²) < 4.78 is 26.5. The van der Waals surface area contributed by atoms with Crippen LogP contribution < -0.4 is 0 Å². The SMILES string of the molecule is COC(=O)c1cc(C[SH](=O)=O)c(C2CC2)cc1C. The standard InChI is InChI=1S/C13H16O4S/c1-8-5-12(9-3-4-9)10(7-18(15)16)6-11(8)13(14)17-2/h5-6,9,18H,3-4,7H2,1-2H3. The van der Waals surface area contributed by atoms with Crippen molar-refractivity contribution >= 4 is 16.7 Å². The van der Waals surface area contributed by atoms with E-state index < -0.39 is 16.7 Å². The summed E-state index contributed by atoms with van der Waals surface area (Å²) in [5, 5.41) is 0. The van der Waals surface area contributed by atoms with Gasteiger partial charge in [-0.3, -0.25) is 0 Å². The Kier molecular flexibility index (Phi) is 3.71.